The third-order valence-electron chi connectivity index (χ3n) is 1.91. The lowest BCUT2D eigenvalue weighted by Crippen LogP contribution is -2.06. The van der Waals surface area contributed by atoms with Gasteiger partial charge in [0.1, 0.15) is 5.75 Å². The van der Waals surface area contributed by atoms with E-state index >= 15 is 0 Å². The molecule has 0 radical (unpaired) electrons. The smallest absolute Gasteiger partial charge is 0.449 e. The second-order valence-electron chi connectivity index (χ2n) is 2.97. The average Bonchev–Trinajstić information content (AvgIpc) is 2.15. The first kappa shape index (κ1) is 12.5. The van der Waals surface area contributed by atoms with E-state index in [1.807, 2.05) is 0 Å². The van der Waals surface area contributed by atoms with Crippen molar-refractivity contribution in [2.24, 2.45) is 0 Å². The molecule has 0 saturated heterocycles. The molecule has 6 nitrogen and oxygen atoms in total. The third kappa shape index (κ3) is 2.94. The second kappa shape index (κ2) is 4.50. The Kier molecular flexibility index (Phi) is 3.51. The zero-order valence-corrected chi connectivity index (χ0v) is 9.19. The number of ether oxygens (including phenoxy) is 1. The van der Waals surface area contributed by atoms with Crippen molar-refractivity contribution < 1.29 is 27.6 Å². The number of carboxylic acid groups (broad SMARTS) is 1. The first-order valence-electron chi connectivity index (χ1n) is 4.35. The Morgan fingerprint density at radius 1 is 1.44 bits per heavy atom. The number of hydrogen-bond donors (Lipinski definition) is 2. The van der Waals surface area contributed by atoms with Crippen LogP contribution in [-0.2, 0) is 16.5 Å². The highest BCUT2D eigenvalue weighted by Gasteiger charge is 2.14. The van der Waals surface area contributed by atoms with Gasteiger partial charge in [0.15, 0.2) is 0 Å². The summed E-state index contributed by atoms with van der Waals surface area (Å²) in [4.78, 5) is 10.0. The summed E-state index contributed by atoms with van der Waals surface area (Å²) in [5, 5.41) is 8.43. The topological polar surface area (TPSA) is 101 Å². The van der Waals surface area contributed by atoms with Crippen LogP contribution in [0.1, 0.15) is 12.5 Å². The Bertz CT molecular complexity index is 505. The van der Waals surface area contributed by atoms with E-state index < -0.39 is 16.3 Å². The van der Waals surface area contributed by atoms with Gasteiger partial charge in [-0.3, -0.25) is 4.55 Å². The molecule has 0 atom stereocenters. The summed E-state index contributed by atoms with van der Waals surface area (Å²) in [6.45, 7) is 1.71. The van der Waals surface area contributed by atoms with E-state index in [0.29, 0.717) is 12.0 Å². The zero-order chi connectivity index (χ0) is 12.3. The summed E-state index contributed by atoms with van der Waals surface area (Å²) < 4.78 is 34.9. The number of carbonyl (C=O) groups is 1. The van der Waals surface area contributed by atoms with Crippen LogP contribution in [0.4, 0.5) is 4.79 Å². The molecule has 7 heteroatoms. The molecule has 0 saturated carbocycles. The van der Waals surface area contributed by atoms with Gasteiger partial charge in [-0.2, -0.15) is 8.42 Å². The van der Waals surface area contributed by atoms with Crippen molar-refractivity contribution in [1.29, 1.82) is 0 Å². The molecule has 0 heterocycles. The lowest BCUT2D eigenvalue weighted by atomic mass is 10.1. The van der Waals surface area contributed by atoms with Crippen molar-refractivity contribution in [3.63, 3.8) is 0 Å². The molecule has 0 bridgehead atoms. The minimum atomic E-state index is -4.28. The Morgan fingerprint density at radius 2 is 2.06 bits per heavy atom. The van der Waals surface area contributed by atoms with E-state index in [-0.39, 0.29) is 10.6 Å². The maximum absolute atomic E-state index is 10.8. The molecule has 0 aliphatic carbocycles. The van der Waals surface area contributed by atoms with Gasteiger partial charge in [0.05, 0.1) is 4.90 Å². The van der Waals surface area contributed by atoms with Gasteiger partial charge in [0.25, 0.3) is 10.1 Å². The molecule has 0 aromatic heterocycles. The van der Waals surface area contributed by atoms with E-state index in [4.69, 9.17) is 9.66 Å². The molecule has 1 aromatic rings. The number of benzene rings is 1. The van der Waals surface area contributed by atoms with Crippen molar-refractivity contribution in [1.82, 2.24) is 0 Å². The Hall–Kier alpha value is -1.60. The molecule has 2 N–H and O–H groups in total. The van der Waals surface area contributed by atoms with Gasteiger partial charge in [-0.05, 0) is 30.2 Å². The summed E-state index contributed by atoms with van der Waals surface area (Å²) in [6.07, 6.45) is -1.10. The number of rotatable bonds is 3. The van der Waals surface area contributed by atoms with Crippen molar-refractivity contribution in [2.75, 3.05) is 0 Å². The molecule has 1 rings (SSSR count). The summed E-state index contributed by atoms with van der Waals surface area (Å²) in [5.74, 6) is 0.0578. The van der Waals surface area contributed by atoms with Gasteiger partial charge < -0.3 is 9.84 Å². The molecule has 0 amide bonds. The van der Waals surface area contributed by atoms with E-state index in [1.54, 1.807) is 6.92 Å². The van der Waals surface area contributed by atoms with Crippen molar-refractivity contribution in [3.05, 3.63) is 23.8 Å². The lowest BCUT2D eigenvalue weighted by molar-refractivity contribution is 0.144. The maximum atomic E-state index is 10.8. The molecule has 0 aliphatic heterocycles. The van der Waals surface area contributed by atoms with Crippen LogP contribution in [0.2, 0.25) is 0 Å². The zero-order valence-electron chi connectivity index (χ0n) is 8.37. The Labute approximate surface area is 92.2 Å². The van der Waals surface area contributed by atoms with E-state index in [0.717, 1.165) is 6.07 Å². The minimum Gasteiger partial charge on any atom is -0.449 e. The van der Waals surface area contributed by atoms with Crippen LogP contribution in [0, 0.1) is 0 Å². The molecule has 0 fully saturated rings. The number of hydrogen-bond acceptors (Lipinski definition) is 4. The molecule has 0 unspecified atom stereocenters. The van der Waals surface area contributed by atoms with E-state index in [2.05, 4.69) is 4.74 Å². The molecule has 16 heavy (non-hydrogen) atoms. The fraction of sp³-hybridized carbons (Fsp3) is 0.222. The minimum absolute atomic E-state index is 0.0578. The van der Waals surface area contributed by atoms with Crippen LogP contribution < -0.4 is 4.74 Å². The molecule has 0 aliphatic rings. The largest absolute Gasteiger partial charge is 0.511 e. The Balaban J connectivity index is 3.22. The lowest BCUT2D eigenvalue weighted by Gasteiger charge is -2.07. The van der Waals surface area contributed by atoms with Gasteiger partial charge in [-0.25, -0.2) is 4.79 Å². The van der Waals surface area contributed by atoms with Gasteiger partial charge in [0, 0.05) is 0 Å². The van der Waals surface area contributed by atoms with Crippen LogP contribution in [0.25, 0.3) is 0 Å². The van der Waals surface area contributed by atoms with Gasteiger partial charge in [0.2, 0.25) is 0 Å². The predicted octanol–water partition coefficient (Wildman–Crippen LogP) is 1.55. The van der Waals surface area contributed by atoms with Gasteiger partial charge in [-0.15, -0.1) is 0 Å². The van der Waals surface area contributed by atoms with E-state index in [9.17, 15) is 13.2 Å². The van der Waals surface area contributed by atoms with Crippen LogP contribution in [-0.4, -0.2) is 24.2 Å². The fourth-order valence-electron chi connectivity index (χ4n) is 1.19. The van der Waals surface area contributed by atoms with Crippen molar-refractivity contribution in [3.8, 4) is 5.75 Å². The second-order valence-corrected chi connectivity index (χ2v) is 4.39. The molecular weight excluding hydrogens is 236 g/mol. The highest BCUT2D eigenvalue weighted by atomic mass is 32.2. The monoisotopic (exact) mass is 246 g/mol. The van der Waals surface area contributed by atoms with Crippen LogP contribution >= 0.6 is 0 Å². The normalized spacial score (nSPS) is 11.1. The fourth-order valence-corrected chi connectivity index (χ4v) is 1.72. The summed E-state index contributed by atoms with van der Waals surface area (Å²) in [7, 11) is -4.28. The average molecular weight is 246 g/mol. The van der Waals surface area contributed by atoms with Crippen LogP contribution in [0.15, 0.2) is 23.1 Å². The first-order chi connectivity index (χ1) is 7.34. The highest BCUT2D eigenvalue weighted by Crippen LogP contribution is 2.23. The quantitative estimate of drug-likeness (QED) is 0.476. The standard InChI is InChI=1S/C9H10O6S/c1-2-6-5-7(16(12,13)14)3-4-8(6)15-9(10)11/h3-5H,2H2,1H3,(H,10,11)(H,12,13,14). The van der Waals surface area contributed by atoms with Gasteiger partial charge in [-0.1, -0.05) is 6.92 Å². The van der Waals surface area contributed by atoms with Crippen molar-refractivity contribution >= 4 is 16.3 Å². The number of aryl methyl sites for hydroxylation is 1. The summed E-state index contributed by atoms with van der Waals surface area (Å²) in [5.41, 5.74) is 0.387. The first-order valence-corrected chi connectivity index (χ1v) is 5.79. The predicted molar refractivity (Wildman–Crippen MR) is 54.3 cm³/mol. The van der Waals surface area contributed by atoms with Crippen LogP contribution in [0.3, 0.4) is 0 Å². The Morgan fingerprint density at radius 3 is 2.50 bits per heavy atom. The summed E-state index contributed by atoms with van der Waals surface area (Å²) in [6, 6.07) is 3.44. The van der Waals surface area contributed by atoms with Crippen molar-refractivity contribution in [2.45, 2.75) is 18.2 Å². The van der Waals surface area contributed by atoms with Crippen LogP contribution in [0.5, 0.6) is 5.75 Å². The molecule has 0 spiro atoms. The third-order valence-corrected chi connectivity index (χ3v) is 2.76. The molecule has 88 valence electrons. The molecule has 1 aromatic carbocycles. The maximum Gasteiger partial charge on any atom is 0.511 e. The van der Waals surface area contributed by atoms with E-state index in [1.165, 1.54) is 12.1 Å². The highest BCUT2D eigenvalue weighted by molar-refractivity contribution is 7.85. The van der Waals surface area contributed by atoms with Gasteiger partial charge >= 0.3 is 6.16 Å². The summed E-state index contributed by atoms with van der Waals surface area (Å²) >= 11 is 0. The molecular formula is C9H10O6S. The SMILES string of the molecule is CCc1cc(S(=O)(=O)O)ccc1OC(=O)O.